The van der Waals surface area contributed by atoms with Crippen LogP contribution in [0.2, 0.25) is 0 Å². The van der Waals surface area contributed by atoms with Crippen LogP contribution in [-0.4, -0.2) is 41.3 Å². The summed E-state index contributed by atoms with van der Waals surface area (Å²) in [5, 5.41) is 12.7. The zero-order valence-corrected chi connectivity index (χ0v) is 14.8. The Balaban J connectivity index is 2.38. The first-order chi connectivity index (χ1) is 11.2. The first kappa shape index (κ1) is 18.1. The van der Waals surface area contributed by atoms with Gasteiger partial charge in [0.05, 0.1) is 7.11 Å². The first-order valence-electron chi connectivity index (χ1n) is 8.18. The van der Waals surface area contributed by atoms with Crippen molar-refractivity contribution in [2.24, 2.45) is 5.41 Å². The van der Waals surface area contributed by atoms with Gasteiger partial charge in [0.15, 0.2) is 0 Å². The van der Waals surface area contributed by atoms with Gasteiger partial charge in [-0.3, -0.25) is 9.69 Å². The number of carbonyl (C=O) groups is 2. The summed E-state index contributed by atoms with van der Waals surface area (Å²) in [5.74, 6) is 0.295. The number of amides is 2. The molecule has 6 nitrogen and oxygen atoms in total. The summed E-state index contributed by atoms with van der Waals surface area (Å²) >= 11 is 0. The van der Waals surface area contributed by atoms with Gasteiger partial charge in [-0.1, -0.05) is 26.8 Å². The monoisotopic (exact) mass is 334 g/mol. The molecule has 1 saturated heterocycles. The van der Waals surface area contributed by atoms with E-state index >= 15 is 0 Å². The molecule has 1 heterocycles. The molecule has 0 bridgehead atoms. The summed E-state index contributed by atoms with van der Waals surface area (Å²) in [7, 11) is 1.54. The Morgan fingerprint density at radius 3 is 2.58 bits per heavy atom. The lowest BCUT2D eigenvalue weighted by molar-refractivity contribution is -0.0434. The van der Waals surface area contributed by atoms with Crippen LogP contribution >= 0.6 is 0 Å². The molecule has 1 fully saturated rings. The van der Waals surface area contributed by atoms with Crippen LogP contribution in [0.1, 0.15) is 50.4 Å². The molecule has 0 aliphatic carbocycles. The molecule has 0 radical (unpaired) electrons. The zero-order valence-electron chi connectivity index (χ0n) is 14.8. The van der Waals surface area contributed by atoms with Crippen molar-refractivity contribution < 1.29 is 19.4 Å². The van der Waals surface area contributed by atoms with Gasteiger partial charge in [-0.05, 0) is 37.5 Å². The molecule has 24 heavy (non-hydrogen) atoms. The van der Waals surface area contributed by atoms with Crippen molar-refractivity contribution >= 4 is 12.0 Å². The van der Waals surface area contributed by atoms with E-state index in [1.54, 1.807) is 31.4 Å². The quantitative estimate of drug-likeness (QED) is 0.888. The summed E-state index contributed by atoms with van der Waals surface area (Å²) in [6.45, 7) is 6.30. The molecule has 2 N–H and O–H groups in total. The fourth-order valence-electron chi connectivity index (χ4n) is 3.36. The highest BCUT2D eigenvalue weighted by Gasteiger charge is 2.51. The largest absolute Gasteiger partial charge is 0.497 e. The minimum absolute atomic E-state index is 0.294. The van der Waals surface area contributed by atoms with E-state index in [4.69, 9.17) is 4.74 Å². The number of rotatable bonds is 3. The second-order valence-electron chi connectivity index (χ2n) is 7.19. The van der Waals surface area contributed by atoms with Crippen LogP contribution in [0.15, 0.2) is 24.3 Å². The molecular formula is C18H26N2O4. The molecule has 0 spiro atoms. The highest BCUT2D eigenvalue weighted by molar-refractivity contribution is 5.95. The van der Waals surface area contributed by atoms with Gasteiger partial charge in [0.25, 0.3) is 5.91 Å². The van der Waals surface area contributed by atoms with Crippen molar-refractivity contribution in [3.8, 4) is 5.75 Å². The first-order valence-corrected chi connectivity index (χ1v) is 8.18. The Hall–Kier alpha value is -2.24. The average Bonchev–Trinajstić information content (AvgIpc) is 2.54. The topological polar surface area (TPSA) is 78.9 Å². The molecule has 1 aromatic rings. The van der Waals surface area contributed by atoms with Gasteiger partial charge in [0, 0.05) is 17.5 Å². The molecule has 1 aliphatic rings. The molecule has 0 saturated carbocycles. The molecule has 2 amide bonds. The minimum Gasteiger partial charge on any atom is -0.497 e. The van der Waals surface area contributed by atoms with Gasteiger partial charge >= 0.3 is 6.09 Å². The van der Waals surface area contributed by atoms with Crippen molar-refractivity contribution in [3.63, 3.8) is 0 Å². The number of carboxylic acid groups (broad SMARTS) is 1. The predicted molar refractivity (Wildman–Crippen MR) is 91.2 cm³/mol. The number of ether oxygens (including phenoxy) is 1. The Morgan fingerprint density at radius 1 is 1.29 bits per heavy atom. The van der Waals surface area contributed by atoms with E-state index < -0.39 is 17.2 Å². The lowest BCUT2D eigenvalue weighted by atomic mass is 9.74. The van der Waals surface area contributed by atoms with E-state index in [-0.39, 0.29) is 5.91 Å². The highest BCUT2D eigenvalue weighted by Crippen LogP contribution is 2.41. The predicted octanol–water partition coefficient (Wildman–Crippen LogP) is 3.33. The number of likely N-dealkylation sites (tertiary alicyclic amines) is 1. The lowest BCUT2D eigenvalue weighted by Gasteiger charge is -2.53. The molecule has 132 valence electrons. The molecular weight excluding hydrogens is 308 g/mol. The fraction of sp³-hybridized carbons (Fsp3) is 0.556. The Morgan fingerprint density at radius 2 is 2.00 bits per heavy atom. The Bertz CT molecular complexity index is 624. The Kier molecular flexibility index (Phi) is 5.06. The minimum atomic E-state index is -1.00. The van der Waals surface area contributed by atoms with Gasteiger partial charge < -0.3 is 15.2 Å². The second-order valence-corrected chi connectivity index (χ2v) is 7.19. The van der Waals surface area contributed by atoms with E-state index in [1.807, 2.05) is 20.8 Å². The van der Waals surface area contributed by atoms with Gasteiger partial charge in [0.2, 0.25) is 0 Å². The van der Waals surface area contributed by atoms with Crippen LogP contribution in [0.25, 0.3) is 0 Å². The van der Waals surface area contributed by atoms with Crippen LogP contribution in [0.5, 0.6) is 5.75 Å². The number of hydrogen-bond acceptors (Lipinski definition) is 3. The SMILES string of the molecule is COc1cccc(C(=O)NC2(C(C)(C)C)CCCCN2C(=O)O)c1. The van der Waals surface area contributed by atoms with E-state index in [9.17, 15) is 14.7 Å². The van der Waals surface area contributed by atoms with Crippen LogP contribution < -0.4 is 10.1 Å². The fourth-order valence-corrected chi connectivity index (χ4v) is 3.36. The Labute approximate surface area is 142 Å². The van der Waals surface area contributed by atoms with Gasteiger partial charge in [-0.2, -0.15) is 0 Å². The molecule has 1 unspecified atom stereocenters. The summed E-state index contributed by atoms with van der Waals surface area (Å²) in [4.78, 5) is 26.0. The molecule has 6 heteroatoms. The van der Waals surface area contributed by atoms with E-state index in [0.29, 0.717) is 24.3 Å². The highest BCUT2D eigenvalue weighted by atomic mass is 16.5. The summed E-state index contributed by atoms with van der Waals surface area (Å²) in [6, 6.07) is 6.86. The van der Waals surface area contributed by atoms with Crippen molar-refractivity contribution in [1.82, 2.24) is 10.2 Å². The summed E-state index contributed by atoms with van der Waals surface area (Å²) < 4.78 is 5.16. The van der Waals surface area contributed by atoms with Gasteiger partial charge in [-0.25, -0.2) is 4.79 Å². The molecule has 0 aromatic heterocycles. The van der Waals surface area contributed by atoms with Crippen LogP contribution in [-0.2, 0) is 0 Å². The number of carbonyl (C=O) groups excluding carboxylic acids is 1. The van der Waals surface area contributed by atoms with Crippen molar-refractivity contribution in [1.29, 1.82) is 0 Å². The van der Waals surface area contributed by atoms with Crippen molar-refractivity contribution in [3.05, 3.63) is 29.8 Å². The molecule has 1 aromatic carbocycles. The third-order valence-electron chi connectivity index (χ3n) is 4.75. The normalized spacial score (nSPS) is 21.2. The maximum atomic E-state index is 12.8. The second kappa shape index (κ2) is 6.71. The maximum Gasteiger partial charge on any atom is 0.409 e. The van der Waals surface area contributed by atoms with Crippen LogP contribution in [0.4, 0.5) is 4.79 Å². The molecule has 2 rings (SSSR count). The van der Waals surface area contributed by atoms with E-state index in [1.165, 1.54) is 4.90 Å². The van der Waals surface area contributed by atoms with Crippen molar-refractivity contribution in [2.75, 3.05) is 13.7 Å². The average molecular weight is 334 g/mol. The number of hydrogen-bond donors (Lipinski definition) is 2. The van der Waals surface area contributed by atoms with Gasteiger partial charge in [0.1, 0.15) is 11.4 Å². The number of benzene rings is 1. The van der Waals surface area contributed by atoms with Crippen molar-refractivity contribution in [2.45, 2.75) is 45.7 Å². The number of piperidine rings is 1. The van der Waals surface area contributed by atoms with Crippen LogP contribution in [0.3, 0.4) is 0 Å². The van der Waals surface area contributed by atoms with Gasteiger partial charge in [-0.15, -0.1) is 0 Å². The van der Waals surface area contributed by atoms with Crippen LogP contribution in [0, 0.1) is 5.41 Å². The van der Waals surface area contributed by atoms with E-state index in [0.717, 1.165) is 12.8 Å². The third kappa shape index (κ3) is 3.32. The lowest BCUT2D eigenvalue weighted by Crippen LogP contribution is -2.70. The molecule has 1 aliphatic heterocycles. The summed E-state index contributed by atoms with van der Waals surface area (Å²) in [6.07, 6.45) is 1.27. The van der Waals surface area contributed by atoms with E-state index in [2.05, 4.69) is 5.32 Å². The third-order valence-corrected chi connectivity index (χ3v) is 4.75. The maximum absolute atomic E-state index is 12.8. The molecule has 1 atom stereocenters. The number of nitrogens with zero attached hydrogens (tertiary/aromatic N) is 1. The standard InChI is InChI=1S/C18H26N2O4/c1-17(2,3)18(10-5-6-11-20(18)16(22)23)19-15(21)13-8-7-9-14(12-13)24-4/h7-9,12H,5-6,10-11H2,1-4H3,(H,19,21)(H,22,23). The smallest absolute Gasteiger partial charge is 0.409 e. The number of methoxy groups -OCH3 is 1. The summed E-state index contributed by atoms with van der Waals surface area (Å²) in [5.41, 5.74) is -0.925. The zero-order chi connectivity index (χ0) is 18.0. The number of nitrogens with one attached hydrogen (secondary N) is 1.